The van der Waals surface area contributed by atoms with Gasteiger partial charge in [0.1, 0.15) is 11.3 Å². The fraction of sp³-hybridized carbons (Fsp3) is 0.375. The number of methoxy groups -OCH3 is 1. The maximum atomic E-state index is 12.0. The molecule has 0 saturated carbocycles. The van der Waals surface area contributed by atoms with E-state index in [9.17, 15) is 14.4 Å². The summed E-state index contributed by atoms with van der Waals surface area (Å²) in [5.41, 5.74) is 1.09. The number of hydrogen-bond acceptors (Lipinski definition) is 7. The normalized spacial score (nSPS) is 10.3. The highest BCUT2D eigenvalue weighted by Gasteiger charge is 2.13. The lowest BCUT2D eigenvalue weighted by Crippen LogP contribution is -2.30. The van der Waals surface area contributed by atoms with Gasteiger partial charge in [-0.3, -0.25) is 9.59 Å². The quantitative estimate of drug-likeness (QED) is 0.635. The molecule has 0 spiro atoms. The number of benzene rings is 1. The van der Waals surface area contributed by atoms with E-state index in [1.165, 1.54) is 25.4 Å². The van der Waals surface area contributed by atoms with Gasteiger partial charge in [0.05, 0.1) is 24.8 Å². The summed E-state index contributed by atoms with van der Waals surface area (Å²) in [6, 6.07) is 2.90. The first-order valence-corrected chi connectivity index (χ1v) is 8.71. The van der Waals surface area contributed by atoms with Crippen LogP contribution in [0.15, 0.2) is 12.1 Å². The Bertz CT molecular complexity index is 820. The molecule has 140 valence electrons. The third-order valence-electron chi connectivity index (χ3n) is 3.14. The van der Waals surface area contributed by atoms with Gasteiger partial charge >= 0.3 is 12.0 Å². The van der Waals surface area contributed by atoms with Gasteiger partial charge in [-0.25, -0.2) is 9.78 Å². The Kier molecular flexibility index (Phi) is 6.73. The summed E-state index contributed by atoms with van der Waals surface area (Å²) in [6.07, 6.45) is 0.0958. The number of carbonyl (C=O) groups excluding carboxylic acids is 3. The monoisotopic (exact) mass is 380 g/mol. The van der Waals surface area contributed by atoms with Crippen LogP contribution >= 0.6 is 11.3 Å². The van der Waals surface area contributed by atoms with E-state index in [4.69, 9.17) is 9.47 Å². The van der Waals surface area contributed by atoms with E-state index >= 15 is 0 Å². The van der Waals surface area contributed by atoms with E-state index in [1.54, 1.807) is 19.1 Å². The molecule has 0 atom stereocenters. The zero-order valence-corrected chi connectivity index (χ0v) is 15.5. The number of nitrogens with one attached hydrogen (secondary N) is 3. The zero-order chi connectivity index (χ0) is 19.1. The lowest BCUT2D eigenvalue weighted by molar-refractivity contribution is -0.142. The highest BCUT2D eigenvalue weighted by Crippen LogP contribution is 2.35. The van der Waals surface area contributed by atoms with Crippen LogP contribution in [-0.4, -0.2) is 43.2 Å². The van der Waals surface area contributed by atoms with Crippen molar-refractivity contribution in [1.82, 2.24) is 10.3 Å². The summed E-state index contributed by atoms with van der Waals surface area (Å²) < 4.78 is 10.8. The summed E-state index contributed by atoms with van der Waals surface area (Å²) in [5.74, 6) is -0.120. The predicted molar refractivity (Wildman–Crippen MR) is 98.7 cm³/mol. The fourth-order valence-electron chi connectivity index (χ4n) is 2.12. The number of thiazole rings is 1. The first-order valence-electron chi connectivity index (χ1n) is 7.89. The van der Waals surface area contributed by atoms with E-state index in [-0.39, 0.29) is 24.8 Å². The van der Waals surface area contributed by atoms with Gasteiger partial charge in [-0.2, -0.15) is 0 Å². The number of amides is 3. The van der Waals surface area contributed by atoms with Crippen LogP contribution in [0, 0.1) is 0 Å². The first-order chi connectivity index (χ1) is 12.4. The third kappa shape index (κ3) is 5.31. The molecule has 0 radical (unpaired) electrons. The van der Waals surface area contributed by atoms with Gasteiger partial charge in [0.25, 0.3) is 0 Å². The smallest absolute Gasteiger partial charge is 0.319 e. The summed E-state index contributed by atoms with van der Waals surface area (Å²) in [5, 5.41) is 8.32. The second-order valence-corrected chi connectivity index (χ2v) is 6.19. The van der Waals surface area contributed by atoms with Gasteiger partial charge in [0.2, 0.25) is 5.91 Å². The van der Waals surface area contributed by atoms with Crippen LogP contribution in [0.5, 0.6) is 5.75 Å². The minimum absolute atomic E-state index is 0.0958. The third-order valence-corrected chi connectivity index (χ3v) is 4.06. The highest BCUT2D eigenvalue weighted by molar-refractivity contribution is 7.22. The standard InChI is InChI=1S/C16H20N4O5S/c1-4-25-13(22)5-6-17-15(23)19-10-7-11(24-3)14-12(8-10)26-16(20-14)18-9(2)21/h7-8H,4-6H2,1-3H3,(H2,17,19,23)(H,18,20,21). The van der Waals surface area contributed by atoms with Crippen molar-refractivity contribution in [1.29, 1.82) is 0 Å². The zero-order valence-electron chi connectivity index (χ0n) is 14.7. The molecule has 2 rings (SSSR count). The number of ether oxygens (including phenoxy) is 2. The number of fused-ring (bicyclic) bond motifs is 1. The van der Waals surface area contributed by atoms with Gasteiger partial charge in [0.15, 0.2) is 5.13 Å². The molecule has 26 heavy (non-hydrogen) atoms. The number of nitrogens with zero attached hydrogens (tertiary/aromatic N) is 1. The van der Waals surface area contributed by atoms with Crippen molar-refractivity contribution in [3.05, 3.63) is 12.1 Å². The molecule has 1 aromatic carbocycles. The topological polar surface area (TPSA) is 119 Å². The van der Waals surface area contributed by atoms with Gasteiger partial charge < -0.3 is 25.4 Å². The first kappa shape index (κ1) is 19.4. The highest BCUT2D eigenvalue weighted by atomic mass is 32.1. The number of esters is 1. The summed E-state index contributed by atoms with van der Waals surface area (Å²) in [4.78, 5) is 38.7. The van der Waals surface area contributed by atoms with Crippen molar-refractivity contribution in [2.45, 2.75) is 20.3 Å². The number of carbonyl (C=O) groups is 3. The van der Waals surface area contributed by atoms with Gasteiger partial charge in [-0.05, 0) is 13.0 Å². The molecule has 2 aromatic rings. The van der Waals surface area contributed by atoms with Gasteiger partial charge in [-0.1, -0.05) is 11.3 Å². The molecule has 3 N–H and O–H groups in total. The second kappa shape index (κ2) is 8.99. The Hall–Kier alpha value is -2.88. The van der Waals surface area contributed by atoms with E-state index < -0.39 is 6.03 Å². The Morgan fingerprint density at radius 1 is 1.23 bits per heavy atom. The van der Waals surface area contributed by atoms with Crippen molar-refractivity contribution < 1.29 is 23.9 Å². The molecule has 1 aromatic heterocycles. The molecule has 9 nitrogen and oxygen atoms in total. The molecule has 0 aliphatic heterocycles. The molecule has 1 heterocycles. The van der Waals surface area contributed by atoms with Crippen molar-refractivity contribution in [3.8, 4) is 5.75 Å². The molecule has 0 aliphatic rings. The minimum atomic E-state index is -0.456. The van der Waals surface area contributed by atoms with E-state index in [0.717, 1.165) is 4.70 Å². The molecule has 0 bridgehead atoms. The van der Waals surface area contributed by atoms with Crippen LogP contribution < -0.4 is 20.7 Å². The number of anilines is 2. The van der Waals surface area contributed by atoms with Crippen molar-refractivity contribution in [2.24, 2.45) is 0 Å². The van der Waals surface area contributed by atoms with Gasteiger partial charge in [-0.15, -0.1) is 0 Å². The van der Waals surface area contributed by atoms with Crippen LogP contribution in [-0.2, 0) is 14.3 Å². The Morgan fingerprint density at radius 3 is 2.65 bits per heavy atom. The summed E-state index contributed by atoms with van der Waals surface area (Å²) >= 11 is 1.27. The largest absolute Gasteiger partial charge is 0.494 e. The minimum Gasteiger partial charge on any atom is -0.494 e. The van der Waals surface area contributed by atoms with E-state index in [1.807, 2.05) is 0 Å². The van der Waals surface area contributed by atoms with Crippen molar-refractivity contribution in [3.63, 3.8) is 0 Å². The van der Waals surface area contributed by atoms with Crippen molar-refractivity contribution in [2.75, 3.05) is 30.9 Å². The average Bonchev–Trinajstić information content (AvgIpc) is 2.95. The lowest BCUT2D eigenvalue weighted by Gasteiger charge is -2.09. The van der Waals surface area contributed by atoms with Gasteiger partial charge in [0, 0.05) is 25.2 Å². The molecule has 10 heteroatoms. The number of hydrogen-bond donors (Lipinski definition) is 3. The van der Waals surface area contributed by atoms with Crippen LogP contribution in [0.1, 0.15) is 20.3 Å². The molecule has 0 aliphatic carbocycles. The fourth-order valence-corrected chi connectivity index (χ4v) is 3.09. The number of aromatic nitrogens is 1. The summed E-state index contributed by atoms with van der Waals surface area (Å²) in [6.45, 7) is 3.59. The van der Waals surface area contributed by atoms with E-state index in [2.05, 4.69) is 20.9 Å². The average molecular weight is 380 g/mol. The van der Waals surface area contributed by atoms with E-state index in [0.29, 0.717) is 28.7 Å². The second-order valence-electron chi connectivity index (χ2n) is 5.16. The maximum Gasteiger partial charge on any atom is 0.319 e. The maximum absolute atomic E-state index is 12.0. The molecule has 0 unspecified atom stereocenters. The molecule has 0 saturated heterocycles. The SMILES string of the molecule is CCOC(=O)CCNC(=O)Nc1cc(OC)c2nc(NC(C)=O)sc2c1. The number of urea groups is 1. The van der Waals surface area contributed by atoms with Crippen LogP contribution in [0.25, 0.3) is 10.2 Å². The molecular weight excluding hydrogens is 360 g/mol. The molecule has 3 amide bonds. The lowest BCUT2D eigenvalue weighted by atomic mass is 10.2. The Labute approximate surface area is 154 Å². The van der Waals surface area contributed by atoms with Crippen LogP contribution in [0.3, 0.4) is 0 Å². The van der Waals surface area contributed by atoms with Crippen LogP contribution in [0.4, 0.5) is 15.6 Å². The predicted octanol–water partition coefficient (Wildman–Crippen LogP) is 2.34. The molecule has 0 fully saturated rings. The van der Waals surface area contributed by atoms with Crippen LogP contribution in [0.2, 0.25) is 0 Å². The molecular formula is C16H20N4O5S. The summed E-state index contributed by atoms with van der Waals surface area (Å²) in [7, 11) is 1.50. The Morgan fingerprint density at radius 2 is 2.00 bits per heavy atom. The van der Waals surface area contributed by atoms with Crippen molar-refractivity contribution >= 4 is 50.3 Å². The Balaban J connectivity index is 2.05. The number of rotatable bonds is 7.